The molecular weight excluding hydrogens is 299 g/mol. The first-order chi connectivity index (χ1) is 8.43. The van der Waals surface area contributed by atoms with Gasteiger partial charge in [-0.05, 0) is 25.0 Å². The number of nitrogens with zero attached hydrogens (tertiary/aromatic N) is 1. The lowest BCUT2D eigenvalue weighted by Gasteiger charge is -2.29. The van der Waals surface area contributed by atoms with Gasteiger partial charge in [0.05, 0.1) is 20.6 Å². The van der Waals surface area contributed by atoms with Crippen LogP contribution in [-0.4, -0.2) is 37.8 Å². The maximum atomic E-state index is 10.6. The van der Waals surface area contributed by atoms with Gasteiger partial charge in [-0.25, -0.2) is 4.79 Å². The fraction of sp³-hybridized carbons (Fsp3) is 0.500. The Hall–Kier alpha value is -0.810. The predicted molar refractivity (Wildman–Crippen MR) is 73.1 cm³/mol. The highest BCUT2D eigenvalue weighted by Gasteiger charge is 2.19. The number of carboxylic acid groups (broad SMARTS) is 1. The summed E-state index contributed by atoms with van der Waals surface area (Å²) in [4.78, 5) is 10.6. The van der Waals surface area contributed by atoms with Crippen molar-refractivity contribution in [2.24, 2.45) is 0 Å². The maximum absolute atomic E-state index is 10.6. The third kappa shape index (κ3) is 7.10. The summed E-state index contributed by atoms with van der Waals surface area (Å²) >= 11 is 0. The summed E-state index contributed by atoms with van der Waals surface area (Å²) in [5.41, 5.74) is 4.90. The molecule has 0 aliphatic carbocycles. The van der Waals surface area contributed by atoms with E-state index in [0.717, 1.165) is 23.9 Å². The average molecular weight is 323 g/mol. The van der Waals surface area contributed by atoms with Crippen LogP contribution < -0.4 is 35.0 Å². The summed E-state index contributed by atoms with van der Waals surface area (Å²) < 4.78 is 0.829. The molecule has 116 valence electrons. The van der Waals surface area contributed by atoms with Crippen molar-refractivity contribution in [3.8, 4) is 0 Å². The van der Waals surface area contributed by atoms with E-state index in [1.54, 1.807) is 0 Å². The van der Waals surface area contributed by atoms with Gasteiger partial charge in [-0.3, -0.25) is 4.48 Å². The molecule has 0 radical (unpaired) electrons. The summed E-state index contributed by atoms with van der Waals surface area (Å²) in [6, 6.07) is 9.89. The number of rotatable bonds is 7. The van der Waals surface area contributed by atoms with Crippen molar-refractivity contribution >= 4 is 11.7 Å². The Balaban J connectivity index is 0. The van der Waals surface area contributed by atoms with Gasteiger partial charge in [0.25, 0.3) is 0 Å². The van der Waals surface area contributed by atoms with Gasteiger partial charge in [0.15, 0.2) is 6.04 Å². The van der Waals surface area contributed by atoms with Crippen LogP contribution >= 0.6 is 0 Å². The first-order valence-electron chi connectivity index (χ1n) is 6.38. The van der Waals surface area contributed by atoms with Crippen molar-refractivity contribution in [3.63, 3.8) is 0 Å². The number of hydrogen-bond donors (Lipinski definition) is 2. The molecule has 4 N–H and O–H groups in total. The second-order valence-corrected chi connectivity index (χ2v) is 5.28. The van der Waals surface area contributed by atoms with E-state index in [2.05, 4.69) is 32.0 Å². The van der Waals surface area contributed by atoms with Crippen LogP contribution in [0.1, 0.15) is 19.3 Å². The summed E-state index contributed by atoms with van der Waals surface area (Å²) in [5.74, 6) is -0.799. The molecule has 1 atom stereocenters. The number of quaternary nitrogens is 2. The molecule has 0 bridgehead atoms. The third-order valence-corrected chi connectivity index (χ3v) is 3.32. The van der Waals surface area contributed by atoms with Gasteiger partial charge in [0, 0.05) is 6.42 Å². The molecule has 0 saturated carbocycles. The highest BCUT2D eigenvalue weighted by atomic mass is 35.5. The van der Waals surface area contributed by atoms with Crippen molar-refractivity contribution in [3.05, 3.63) is 30.3 Å². The average Bonchev–Trinajstić information content (AvgIpc) is 2.35. The predicted octanol–water partition coefficient (Wildman–Crippen LogP) is -4.87. The molecule has 1 aromatic carbocycles. The molecule has 0 aromatic heterocycles. The van der Waals surface area contributed by atoms with Crippen molar-refractivity contribution in [2.45, 2.75) is 25.3 Å². The second kappa shape index (κ2) is 10.00. The third-order valence-electron chi connectivity index (χ3n) is 3.32. The topological polar surface area (TPSA) is 64.9 Å². The smallest absolute Gasteiger partial charge is 0.362 e. The summed E-state index contributed by atoms with van der Waals surface area (Å²) in [5, 5.41) is 8.75. The van der Waals surface area contributed by atoms with Gasteiger partial charge in [-0.1, -0.05) is 18.2 Å². The molecule has 0 aliphatic heterocycles. The highest BCUT2D eigenvalue weighted by Crippen LogP contribution is 2.18. The minimum atomic E-state index is -0.799. The number of para-hydroxylation sites is 1. The number of carboxylic acids is 1. The molecule has 0 amide bonds. The Morgan fingerprint density at radius 1 is 1.20 bits per heavy atom. The van der Waals surface area contributed by atoms with Gasteiger partial charge >= 0.3 is 5.97 Å². The standard InChI is InChI=1S/C14H22N2O2.2ClH/c1-16(2,12-8-4-3-5-9-12)11-7-6-10-13(15)14(17)18;;/h3-5,8-9,13H,6-7,10-11,15H2,1-2H3;2*1H/t13-;;/m0../s1. The molecule has 0 unspecified atom stereocenters. The molecular formula is C14H24Cl2N2O2. The molecule has 6 heteroatoms. The molecule has 0 heterocycles. The Morgan fingerprint density at radius 2 is 1.75 bits per heavy atom. The van der Waals surface area contributed by atoms with E-state index in [1.165, 1.54) is 5.69 Å². The fourth-order valence-electron chi connectivity index (χ4n) is 1.98. The zero-order valence-electron chi connectivity index (χ0n) is 12.1. The Labute approximate surface area is 133 Å². The molecule has 1 aromatic rings. The zero-order chi connectivity index (χ0) is 13.6. The number of hydrogen-bond acceptors (Lipinski definition) is 1. The summed E-state index contributed by atoms with van der Waals surface area (Å²) in [7, 11) is 4.35. The molecule has 0 saturated heterocycles. The highest BCUT2D eigenvalue weighted by molar-refractivity contribution is 5.71. The zero-order valence-corrected chi connectivity index (χ0v) is 13.6. The summed E-state index contributed by atoms with van der Waals surface area (Å²) in [6.07, 6.45) is 2.58. The molecule has 20 heavy (non-hydrogen) atoms. The van der Waals surface area contributed by atoms with Gasteiger partial charge in [0.1, 0.15) is 5.69 Å². The van der Waals surface area contributed by atoms with E-state index in [-0.39, 0.29) is 24.8 Å². The van der Waals surface area contributed by atoms with Crippen molar-refractivity contribution in [2.75, 3.05) is 20.6 Å². The van der Waals surface area contributed by atoms with E-state index < -0.39 is 12.0 Å². The van der Waals surface area contributed by atoms with Crippen molar-refractivity contribution in [1.29, 1.82) is 0 Å². The van der Waals surface area contributed by atoms with Crippen molar-refractivity contribution in [1.82, 2.24) is 4.48 Å². The van der Waals surface area contributed by atoms with Crippen LogP contribution in [0.3, 0.4) is 0 Å². The first-order valence-corrected chi connectivity index (χ1v) is 6.38. The number of unbranched alkanes of at least 4 members (excludes halogenated alkanes) is 1. The number of halogens is 2. The SMILES string of the molecule is C[N+](C)(CCCC[C@H]([NH3+])C(=O)O)c1ccccc1.[Cl-].[Cl-]. The van der Waals surface area contributed by atoms with Gasteiger partial charge in [-0.15, -0.1) is 0 Å². The molecule has 0 aliphatic rings. The van der Waals surface area contributed by atoms with Crippen LogP contribution in [0.4, 0.5) is 5.69 Å². The summed E-state index contributed by atoms with van der Waals surface area (Å²) in [6.45, 7) is 1.01. The minimum Gasteiger partial charge on any atom is -1.00 e. The van der Waals surface area contributed by atoms with E-state index >= 15 is 0 Å². The van der Waals surface area contributed by atoms with Crippen LogP contribution in [0.5, 0.6) is 0 Å². The van der Waals surface area contributed by atoms with E-state index in [9.17, 15) is 4.79 Å². The van der Waals surface area contributed by atoms with Crippen LogP contribution in [-0.2, 0) is 4.79 Å². The Morgan fingerprint density at radius 3 is 2.25 bits per heavy atom. The molecule has 1 rings (SSSR count). The number of carbonyl (C=O) groups is 1. The lowest BCUT2D eigenvalue weighted by molar-refractivity contribution is -0.409. The lowest BCUT2D eigenvalue weighted by atomic mass is 10.1. The first kappa shape index (κ1) is 21.5. The van der Waals surface area contributed by atoms with Gasteiger partial charge < -0.3 is 35.7 Å². The maximum Gasteiger partial charge on any atom is 0.362 e. The van der Waals surface area contributed by atoms with Gasteiger partial charge in [-0.2, -0.15) is 0 Å². The van der Waals surface area contributed by atoms with Crippen molar-refractivity contribution < 1.29 is 40.4 Å². The normalized spacial score (nSPS) is 11.9. The fourth-order valence-corrected chi connectivity index (χ4v) is 1.98. The molecule has 0 spiro atoms. The van der Waals surface area contributed by atoms with Gasteiger partial charge in [0.2, 0.25) is 0 Å². The van der Waals surface area contributed by atoms with Crippen LogP contribution in [0.2, 0.25) is 0 Å². The molecule has 0 fully saturated rings. The van der Waals surface area contributed by atoms with E-state index in [1.807, 2.05) is 18.2 Å². The lowest BCUT2D eigenvalue weighted by Crippen LogP contribution is -3.00. The molecule has 4 nitrogen and oxygen atoms in total. The monoisotopic (exact) mass is 322 g/mol. The van der Waals surface area contributed by atoms with Crippen LogP contribution in [0, 0.1) is 0 Å². The Bertz CT molecular complexity index is 386. The van der Waals surface area contributed by atoms with Crippen LogP contribution in [0.25, 0.3) is 0 Å². The van der Waals surface area contributed by atoms with Crippen LogP contribution in [0.15, 0.2) is 30.3 Å². The van der Waals surface area contributed by atoms with E-state index in [4.69, 9.17) is 5.11 Å². The minimum absolute atomic E-state index is 0. The largest absolute Gasteiger partial charge is 1.00 e. The van der Waals surface area contributed by atoms with E-state index in [0.29, 0.717) is 6.42 Å². The Kier molecular flexibility index (Phi) is 10.7. The number of benzene rings is 1. The second-order valence-electron chi connectivity index (χ2n) is 5.28. The number of aliphatic carboxylic acids is 1. The quantitative estimate of drug-likeness (QED) is 0.390.